The first-order valence-electron chi connectivity index (χ1n) is 12.6. The number of hydrogen-bond acceptors (Lipinski definition) is 10. The maximum Gasteiger partial charge on any atom is 0.260 e. The maximum atomic E-state index is 13.2. The molecule has 0 spiro atoms. The molecule has 13 nitrogen and oxygen atoms in total. The molecule has 40 heavy (non-hydrogen) atoms. The molecule has 1 aliphatic heterocycles. The molecule has 1 aliphatic rings. The van der Waals surface area contributed by atoms with Crippen LogP contribution in [0.25, 0.3) is 15.3 Å². The highest BCUT2D eigenvalue weighted by atomic mass is 32.2. The Kier molecular flexibility index (Phi) is 7.98. The van der Waals surface area contributed by atoms with Gasteiger partial charge in [-0.1, -0.05) is 0 Å². The van der Waals surface area contributed by atoms with Crippen molar-refractivity contribution >= 4 is 49.2 Å². The fraction of sp³-hybridized carbons (Fsp3) is 0.400. The number of aromatic nitrogens is 5. The summed E-state index contributed by atoms with van der Waals surface area (Å²) in [6.45, 7) is 6.24. The zero-order valence-electron chi connectivity index (χ0n) is 22.3. The third-order valence-corrected chi connectivity index (χ3v) is 8.45. The van der Waals surface area contributed by atoms with E-state index in [2.05, 4.69) is 25.8 Å². The van der Waals surface area contributed by atoms with Gasteiger partial charge in [0.2, 0.25) is 5.91 Å². The molecule has 0 radical (unpaired) electrons. The number of anilines is 2. The van der Waals surface area contributed by atoms with Crippen LogP contribution >= 0.6 is 11.3 Å². The highest BCUT2D eigenvalue weighted by molar-refractivity contribution is 7.90. The number of fused-ring (bicyclic) bond motifs is 1. The lowest BCUT2D eigenvalue weighted by Crippen LogP contribution is -2.44. The predicted octanol–water partition coefficient (Wildman–Crippen LogP) is 2.41. The summed E-state index contributed by atoms with van der Waals surface area (Å²) >= 11 is 1.37. The number of aryl methyl sites for hydroxylation is 2. The van der Waals surface area contributed by atoms with Crippen molar-refractivity contribution in [3.8, 4) is 10.4 Å². The molecular weight excluding hydrogens is 556 g/mol. The van der Waals surface area contributed by atoms with Gasteiger partial charge in [0.1, 0.15) is 14.7 Å². The van der Waals surface area contributed by atoms with E-state index in [0.717, 1.165) is 10.4 Å². The number of rotatable bonds is 9. The zero-order chi connectivity index (χ0) is 28.4. The van der Waals surface area contributed by atoms with Crippen LogP contribution in [0.15, 0.2) is 37.1 Å². The lowest BCUT2D eigenvalue weighted by molar-refractivity contribution is -0.119. The number of pyridine rings is 1. The van der Waals surface area contributed by atoms with E-state index < -0.39 is 9.84 Å². The first kappa shape index (κ1) is 27.9. The van der Waals surface area contributed by atoms with Gasteiger partial charge >= 0.3 is 0 Å². The number of carbonyl (C=O) groups excluding carboxylic acids is 2. The lowest BCUT2D eigenvalue weighted by atomic mass is 10.2. The number of amides is 2. The Morgan fingerprint density at radius 1 is 1.20 bits per heavy atom. The topological polar surface area (TPSA) is 153 Å². The van der Waals surface area contributed by atoms with Crippen molar-refractivity contribution in [1.29, 1.82) is 0 Å². The van der Waals surface area contributed by atoms with Crippen molar-refractivity contribution in [3.63, 3.8) is 0 Å². The third-order valence-electron chi connectivity index (χ3n) is 6.36. The van der Waals surface area contributed by atoms with E-state index in [9.17, 15) is 18.0 Å². The Morgan fingerprint density at radius 3 is 2.80 bits per heavy atom. The van der Waals surface area contributed by atoms with E-state index in [1.165, 1.54) is 23.8 Å². The predicted molar refractivity (Wildman–Crippen MR) is 156 cm³/mol. The number of sulfone groups is 1. The molecule has 15 heteroatoms. The molecule has 4 aromatic heterocycles. The van der Waals surface area contributed by atoms with Gasteiger partial charge in [0, 0.05) is 40.2 Å². The average Bonchev–Trinajstić information content (AvgIpc) is 3.60. The zero-order valence-corrected chi connectivity index (χ0v) is 24.0. The monoisotopic (exact) mass is 590 g/mol. The van der Waals surface area contributed by atoms with Crippen LogP contribution in [0.5, 0.6) is 0 Å². The molecule has 5 rings (SSSR count). The van der Waals surface area contributed by atoms with Crippen LogP contribution in [-0.4, -0.2) is 93.9 Å². The summed E-state index contributed by atoms with van der Waals surface area (Å²) in [5.74, 6) is -0.526. The summed E-state index contributed by atoms with van der Waals surface area (Å²) in [5, 5.41) is 14.3. The smallest absolute Gasteiger partial charge is 0.260 e. The second-order valence-electron chi connectivity index (χ2n) is 9.80. The van der Waals surface area contributed by atoms with E-state index in [4.69, 9.17) is 4.74 Å². The van der Waals surface area contributed by atoms with Gasteiger partial charge in [0.05, 0.1) is 77.7 Å². The third kappa shape index (κ3) is 6.72. The van der Waals surface area contributed by atoms with Crippen LogP contribution < -0.4 is 10.6 Å². The summed E-state index contributed by atoms with van der Waals surface area (Å²) in [6.07, 6.45) is 9.56. The quantitative estimate of drug-likeness (QED) is 0.299. The van der Waals surface area contributed by atoms with E-state index in [1.807, 2.05) is 11.8 Å². The van der Waals surface area contributed by atoms with E-state index in [0.29, 0.717) is 47.2 Å². The molecular formula is C25H34N8O5S2. The second-order valence-corrected chi connectivity index (χ2v) is 13.1. The van der Waals surface area contributed by atoms with Crippen LogP contribution in [0.3, 0.4) is 0 Å². The molecule has 2 N–H and O–H groups in total. The Bertz CT molecular complexity index is 1670. The highest BCUT2D eigenvalue weighted by Crippen LogP contribution is 2.31. The van der Waals surface area contributed by atoms with Crippen LogP contribution in [0.4, 0.5) is 11.4 Å². The van der Waals surface area contributed by atoms with Crippen LogP contribution in [0.2, 0.25) is 0 Å². The van der Waals surface area contributed by atoms with Gasteiger partial charge < -0.3 is 15.4 Å². The molecule has 0 saturated carbocycles. The molecule has 1 saturated heterocycles. The Hall–Kier alpha value is -3.66. The van der Waals surface area contributed by atoms with Crippen molar-refractivity contribution < 1.29 is 25.6 Å². The van der Waals surface area contributed by atoms with Crippen LogP contribution in [-0.2, 0) is 25.9 Å². The van der Waals surface area contributed by atoms with Gasteiger partial charge in [-0.2, -0.15) is 10.2 Å². The molecule has 0 aromatic carbocycles. The van der Waals surface area contributed by atoms with Crippen molar-refractivity contribution in [2.24, 2.45) is 0 Å². The minimum absolute atomic E-state index is 0. The number of nitrogens with one attached hydrogen (secondary N) is 2. The van der Waals surface area contributed by atoms with Gasteiger partial charge in [-0.25, -0.2) is 12.9 Å². The number of thiazole rings is 1. The largest absolute Gasteiger partial charge is 0.376 e. The van der Waals surface area contributed by atoms with Gasteiger partial charge in [-0.15, -0.1) is 11.3 Å². The normalized spacial score (nSPS) is 16.3. The lowest BCUT2D eigenvalue weighted by Gasteiger charge is -2.30. The highest BCUT2D eigenvalue weighted by Gasteiger charge is 2.21. The molecule has 2 amide bonds. The standard InChI is InChI=1S/C25H30N8O5S2.2H2/c1-16-12-31(4-6-38-16)15-23(34)29-19-8-21(17(2)26-10-19)30-24(35)20-11-28-33-14-22(39-25(20)33)18-9-27-32(13-18)5-7-40(3,36)37;;/h8-11,13-14,16H,4-7,12,15H2,1-3H3,(H,29,34)(H,30,35);2*1H/t16-;;/m1../s1. The number of hydrogen-bond donors (Lipinski definition) is 2. The molecule has 5 heterocycles. The Morgan fingerprint density at radius 2 is 2.02 bits per heavy atom. The summed E-state index contributed by atoms with van der Waals surface area (Å²) in [5.41, 5.74) is 2.75. The fourth-order valence-corrected chi connectivity index (χ4v) is 5.85. The molecule has 0 unspecified atom stereocenters. The van der Waals surface area contributed by atoms with E-state index in [1.54, 1.807) is 47.0 Å². The summed E-state index contributed by atoms with van der Waals surface area (Å²) in [4.78, 5) is 33.7. The SMILES string of the molecule is Cc1ncc(NC(=O)CN2CCO[C@H](C)C2)cc1NC(=O)c1cnn2cc(-c3cnn(CCS(C)(=O)=O)c3)sc12.[HH].[HH]. The van der Waals surface area contributed by atoms with Crippen molar-refractivity contribution in [2.75, 3.05) is 48.9 Å². The molecule has 0 bridgehead atoms. The minimum atomic E-state index is -3.10. The first-order valence-corrected chi connectivity index (χ1v) is 15.5. The van der Waals surface area contributed by atoms with Gasteiger partial charge in [0.25, 0.3) is 5.91 Å². The Balaban J connectivity index is 0.00000242. The summed E-state index contributed by atoms with van der Waals surface area (Å²) in [6, 6.07) is 1.69. The van der Waals surface area contributed by atoms with Gasteiger partial charge in [0.15, 0.2) is 0 Å². The van der Waals surface area contributed by atoms with Crippen molar-refractivity contribution in [1.82, 2.24) is 29.3 Å². The van der Waals surface area contributed by atoms with E-state index >= 15 is 0 Å². The van der Waals surface area contributed by atoms with Crippen LogP contribution in [0.1, 0.15) is 25.8 Å². The summed E-state index contributed by atoms with van der Waals surface area (Å²) < 4.78 is 31.6. The number of carbonyl (C=O) groups is 2. The van der Waals surface area contributed by atoms with Crippen molar-refractivity contribution in [3.05, 3.63) is 48.3 Å². The number of morpholine rings is 1. The first-order chi connectivity index (χ1) is 19.0. The molecule has 1 atom stereocenters. The molecule has 0 aliphatic carbocycles. The maximum absolute atomic E-state index is 13.2. The van der Waals surface area contributed by atoms with Gasteiger partial charge in [-0.05, 0) is 19.9 Å². The Labute approximate surface area is 238 Å². The molecule has 4 aromatic rings. The fourth-order valence-electron chi connectivity index (χ4n) is 4.30. The number of ether oxygens (including phenoxy) is 1. The van der Waals surface area contributed by atoms with Crippen LogP contribution in [0, 0.1) is 6.92 Å². The van der Waals surface area contributed by atoms with Crippen molar-refractivity contribution in [2.45, 2.75) is 26.5 Å². The molecule has 216 valence electrons. The average molecular weight is 591 g/mol. The van der Waals surface area contributed by atoms with E-state index in [-0.39, 0.29) is 39.6 Å². The summed E-state index contributed by atoms with van der Waals surface area (Å²) in [7, 11) is -3.10. The molecule has 1 fully saturated rings. The second kappa shape index (κ2) is 11.4. The minimum Gasteiger partial charge on any atom is -0.376 e. The number of nitrogens with zero attached hydrogens (tertiary/aromatic N) is 6. The van der Waals surface area contributed by atoms with Gasteiger partial charge in [-0.3, -0.25) is 24.2 Å².